The molecular formula is C17H22BrN5O. The summed E-state index contributed by atoms with van der Waals surface area (Å²) in [6.45, 7) is 6.95. The van der Waals surface area contributed by atoms with Gasteiger partial charge in [0.1, 0.15) is 0 Å². The summed E-state index contributed by atoms with van der Waals surface area (Å²) in [5.41, 5.74) is 7.22. The predicted octanol–water partition coefficient (Wildman–Crippen LogP) is 4.04. The summed E-state index contributed by atoms with van der Waals surface area (Å²) < 4.78 is 8.16. The van der Waals surface area contributed by atoms with Crippen LogP contribution in [-0.4, -0.2) is 26.1 Å². The van der Waals surface area contributed by atoms with E-state index < -0.39 is 0 Å². The number of halogens is 1. The summed E-state index contributed by atoms with van der Waals surface area (Å²) in [7, 11) is 0. The molecule has 24 heavy (non-hydrogen) atoms. The minimum absolute atomic E-state index is 0.292. The van der Waals surface area contributed by atoms with Crippen molar-refractivity contribution in [2.75, 3.05) is 12.3 Å². The first-order chi connectivity index (χ1) is 11.7. The zero-order chi connectivity index (χ0) is 17.4. The molecule has 0 spiro atoms. The molecule has 0 amide bonds. The summed E-state index contributed by atoms with van der Waals surface area (Å²) in [5, 5.41) is 0. The van der Waals surface area contributed by atoms with Gasteiger partial charge < -0.3 is 10.5 Å². The van der Waals surface area contributed by atoms with Gasteiger partial charge in [-0.05, 0) is 28.8 Å². The van der Waals surface area contributed by atoms with Crippen molar-refractivity contribution >= 4 is 32.9 Å². The molecule has 0 unspecified atom stereocenters. The summed E-state index contributed by atoms with van der Waals surface area (Å²) in [6, 6.07) is 0.292. The Bertz CT molecular complexity index is 751. The highest BCUT2D eigenvalue weighted by atomic mass is 79.9. The second-order valence-electron chi connectivity index (χ2n) is 5.13. The lowest BCUT2D eigenvalue weighted by Gasteiger charge is -2.06. The van der Waals surface area contributed by atoms with E-state index in [1.54, 1.807) is 6.08 Å². The van der Waals surface area contributed by atoms with E-state index in [2.05, 4.69) is 56.5 Å². The molecule has 0 aliphatic carbocycles. The van der Waals surface area contributed by atoms with E-state index >= 15 is 0 Å². The number of aromatic nitrogens is 4. The number of unbranched alkanes of at least 4 members (excludes halogenated alkanes) is 1. The van der Waals surface area contributed by atoms with Crippen LogP contribution in [0.1, 0.15) is 26.2 Å². The molecule has 128 valence electrons. The van der Waals surface area contributed by atoms with Gasteiger partial charge in [0.15, 0.2) is 21.7 Å². The van der Waals surface area contributed by atoms with Gasteiger partial charge in [-0.1, -0.05) is 50.3 Å². The molecule has 0 aliphatic rings. The molecule has 0 bridgehead atoms. The Hall–Kier alpha value is -2.15. The minimum atomic E-state index is 0.292. The van der Waals surface area contributed by atoms with Gasteiger partial charge in [0.2, 0.25) is 0 Å². The number of nitrogen functional groups attached to an aromatic ring is 1. The minimum Gasteiger partial charge on any atom is -0.463 e. The molecule has 2 aromatic heterocycles. The van der Waals surface area contributed by atoms with E-state index in [-0.39, 0.29) is 0 Å². The molecule has 2 heterocycles. The molecular weight excluding hydrogens is 370 g/mol. The lowest BCUT2D eigenvalue weighted by Crippen LogP contribution is -2.05. The molecule has 2 aromatic rings. The van der Waals surface area contributed by atoms with Crippen LogP contribution in [-0.2, 0) is 6.54 Å². The summed E-state index contributed by atoms with van der Waals surface area (Å²) in [4.78, 5) is 13.0. The molecule has 7 heteroatoms. The maximum Gasteiger partial charge on any atom is 0.320 e. The fraction of sp³-hybridized carbons (Fsp3) is 0.353. The molecule has 0 saturated carbocycles. The van der Waals surface area contributed by atoms with Crippen molar-refractivity contribution in [3.63, 3.8) is 0 Å². The van der Waals surface area contributed by atoms with Crippen LogP contribution in [0.2, 0.25) is 0 Å². The number of ether oxygens (including phenoxy) is 1. The Labute approximate surface area is 150 Å². The summed E-state index contributed by atoms with van der Waals surface area (Å²) in [5.74, 6) is 0.323. The topological polar surface area (TPSA) is 78.9 Å². The number of rotatable bonds is 9. The number of anilines is 1. The quantitative estimate of drug-likeness (QED) is 0.302. The van der Waals surface area contributed by atoms with Gasteiger partial charge in [0, 0.05) is 6.54 Å². The van der Waals surface area contributed by atoms with E-state index in [1.165, 1.54) is 0 Å². The van der Waals surface area contributed by atoms with E-state index in [4.69, 9.17) is 10.5 Å². The molecule has 0 aromatic carbocycles. The number of nitrogens with zero attached hydrogens (tertiary/aromatic N) is 4. The van der Waals surface area contributed by atoms with Crippen molar-refractivity contribution in [3.8, 4) is 6.01 Å². The van der Waals surface area contributed by atoms with Gasteiger partial charge in [-0.3, -0.25) is 4.57 Å². The number of hydrogen-bond acceptors (Lipinski definition) is 5. The Morgan fingerprint density at radius 2 is 2.08 bits per heavy atom. The van der Waals surface area contributed by atoms with Crippen molar-refractivity contribution < 1.29 is 4.74 Å². The second kappa shape index (κ2) is 9.22. The average molecular weight is 392 g/mol. The number of nitrogens with two attached hydrogens (primary N) is 1. The third-order valence-electron chi connectivity index (χ3n) is 3.28. The molecule has 6 nitrogen and oxygen atoms in total. The molecule has 0 fully saturated rings. The fourth-order valence-corrected chi connectivity index (χ4v) is 2.53. The lowest BCUT2D eigenvalue weighted by atomic mass is 10.3. The van der Waals surface area contributed by atoms with E-state index in [0.717, 1.165) is 19.3 Å². The first-order valence-corrected chi connectivity index (χ1v) is 8.71. The molecule has 2 rings (SSSR count). The van der Waals surface area contributed by atoms with Crippen molar-refractivity contribution in [1.82, 2.24) is 19.5 Å². The average Bonchev–Trinajstić information content (AvgIpc) is 2.88. The molecule has 0 saturated heterocycles. The van der Waals surface area contributed by atoms with Gasteiger partial charge in [-0.15, -0.1) is 0 Å². The Kier molecular flexibility index (Phi) is 6.99. The number of hydrogen-bond donors (Lipinski definition) is 1. The van der Waals surface area contributed by atoms with Crippen LogP contribution in [0.15, 0.2) is 41.7 Å². The molecule has 0 aliphatic heterocycles. The number of imidazole rings is 1. The van der Waals surface area contributed by atoms with Crippen LogP contribution in [0, 0.1) is 0 Å². The van der Waals surface area contributed by atoms with Crippen LogP contribution >= 0.6 is 15.9 Å². The van der Waals surface area contributed by atoms with Gasteiger partial charge in [0.25, 0.3) is 0 Å². The van der Waals surface area contributed by atoms with Crippen LogP contribution in [0.4, 0.5) is 5.82 Å². The Balaban J connectivity index is 2.20. The normalized spacial score (nSPS) is 11.8. The highest BCUT2D eigenvalue weighted by Gasteiger charge is 2.15. The highest BCUT2D eigenvalue weighted by Crippen LogP contribution is 2.24. The lowest BCUT2D eigenvalue weighted by molar-refractivity contribution is 0.286. The highest BCUT2D eigenvalue weighted by molar-refractivity contribution is 9.10. The zero-order valence-corrected chi connectivity index (χ0v) is 15.4. The number of fused-ring (bicyclic) bond motifs is 1. The summed E-state index contributed by atoms with van der Waals surface area (Å²) >= 11 is 3.45. The molecule has 0 radical (unpaired) electrons. The monoisotopic (exact) mass is 391 g/mol. The van der Waals surface area contributed by atoms with Crippen LogP contribution < -0.4 is 10.5 Å². The van der Waals surface area contributed by atoms with Crippen LogP contribution in [0.3, 0.4) is 0 Å². The second-order valence-corrected chi connectivity index (χ2v) is 5.84. The van der Waals surface area contributed by atoms with Crippen molar-refractivity contribution in [3.05, 3.63) is 41.7 Å². The smallest absolute Gasteiger partial charge is 0.320 e. The third-order valence-corrected chi connectivity index (χ3v) is 3.89. The van der Waals surface area contributed by atoms with Crippen molar-refractivity contribution in [2.45, 2.75) is 32.7 Å². The van der Waals surface area contributed by atoms with Crippen LogP contribution in [0.5, 0.6) is 6.01 Å². The standard InChI is InChI=1S/C17H22BrN5O/c1-3-5-7-8-9-10-11-23-15-13(20-16(23)18)14(19)21-17(22-15)24-12-6-4-2/h3,5,7,9-10H,1,4,6,8,11-12H2,2H3,(H2,19,21,22)/b7-5-,10-9+. The summed E-state index contributed by atoms with van der Waals surface area (Å²) in [6.07, 6.45) is 12.7. The Morgan fingerprint density at radius 3 is 2.83 bits per heavy atom. The van der Waals surface area contributed by atoms with E-state index in [1.807, 2.05) is 16.7 Å². The zero-order valence-electron chi connectivity index (χ0n) is 13.8. The van der Waals surface area contributed by atoms with Gasteiger partial charge in [-0.25, -0.2) is 4.98 Å². The SMILES string of the molecule is C=C/C=C\C/C=C/Cn1c(Br)nc2c(N)nc(OCCCC)nc21. The largest absolute Gasteiger partial charge is 0.463 e. The first-order valence-electron chi connectivity index (χ1n) is 7.92. The van der Waals surface area contributed by atoms with E-state index in [9.17, 15) is 0 Å². The molecule has 2 N–H and O–H groups in total. The first kappa shape index (κ1) is 18.2. The van der Waals surface area contributed by atoms with Crippen molar-refractivity contribution in [2.24, 2.45) is 0 Å². The maximum atomic E-state index is 5.99. The third kappa shape index (κ3) is 4.67. The Morgan fingerprint density at radius 1 is 1.25 bits per heavy atom. The van der Waals surface area contributed by atoms with Gasteiger partial charge >= 0.3 is 6.01 Å². The fourth-order valence-electron chi connectivity index (χ4n) is 2.04. The maximum absolute atomic E-state index is 5.99. The number of allylic oxidation sites excluding steroid dienone is 5. The van der Waals surface area contributed by atoms with E-state index in [0.29, 0.717) is 40.9 Å². The van der Waals surface area contributed by atoms with Gasteiger partial charge in [-0.2, -0.15) is 9.97 Å². The predicted molar refractivity (Wildman–Crippen MR) is 101 cm³/mol. The molecule has 0 atom stereocenters. The van der Waals surface area contributed by atoms with Crippen molar-refractivity contribution in [1.29, 1.82) is 0 Å². The van der Waals surface area contributed by atoms with Gasteiger partial charge in [0.05, 0.1) is 6.61 Å². The van der Waals surface area contributed by atoms with Crippen LogP contribution in [0.25, 0.3) is 11.2 Å².